The molecule has 0 aliphatic rings. The number of aromatic hydroxyl groups is 1. The molecule has 134 valence electrons. The molecule has 0 aliphatic heterocycles. The standard InChI is InChI=1S/C20H20N2O4/c1-13-16-7-6-15(23)11-18(16)26-20(25)17(13)12-19(24)22(2)10-8-14-5-3-4-9-21-14/h3-7,9,11,23H,8,10,12H2,1-2H3. The van der Waals surface area contributed by atoms with E-state index >= 15 is 0 Å². The maximum absolute atomic E-state index is 12.5. The number of carbonyl (C=O) groups is 1. The van der Waals surface area contributed by atoms with Crippen LogP contribution < -0.4 is 5.63 Å². The molecular weight excluding hydrogens is 332 g/mol. The van der Waals surface area contributed by atoms with Crippen molar-refractivity contribution < 1.29 is 14.3 Å². The molecule has 0 aliphatic carbocycles. The summed E-state index contributed by atoms with van der Waals surface area (Å²) in [6.07, 6.45) is 2.34. The van der Waals surface area contributed by atoms with Gasteiger partial charge >= 0.3 is 5.63 Å². The first-order valence-corrected chi connectivity index (χ1v) is 8.35. The molecule has 0 saturated carbocycles. The first-order chi connectivity index (χ1) is 12.5. The van der Waals surface area contributed by atoms with E-state index in [1.54, 1.807) is 31.1 Å². The molecule has 1 amide bonds. The third-order valence-corrected chi connectivity index (χ3v) is 4.45. The van der Waals surface area contributed by atoms with Crippen LogP contribution in [0.1, 0.15) is 16.8 Å². The van der Waals surface area contributed by atoms with Crippen LogP contribution in [0.3, 0.4) is 0 Å². The number of phenols is 1. The predicted molar refractivity (Wildman–Crippen MR) is 98.2 cm³/mol. The monoisotopic (exact) mass is 352 g/mol. The van der Waals surface area contributed by atoms with Crippen molar-refractivity contribution in [3.8, 4) is 5.75 Å². The second-order valence-corrected chi connectivity index (χ2v) is 6.24. The zero-order valence-corrected chi connectivity index (χ0v) is 14.7. The van der Waals surface area contributed by atoms with Gasteiger partial charge in [0.05, 0.1) is 12.0 Å². The Labute approximate surface area is 150 Å². The number of aryl methyl sites for hydroxylation is 1. The quantitative estimate of drug-likeness (QED) is 0.713. The first kappa shape index (κ1) is 17.7. The molecule has 2 aromatic heterocycles. The summed E-state index contributed by atoms with van der Waals surface area (Å²) in [6.45, 7) is 2.30. The minimum Gasteiger partial charge on any atom is -0.508 e. The topological polar surface area (TPSA) is 83.6 Å². The van der Waals surface area contributed by atoms with Gasteiger partial charge in [0, 0.05) is 43.4 Å². The lowest BCUT2D eigenvalue weighted by atomic mass is 10.0. The van der Waals surface area contributed by atoms with Crippen molar-refractivity contribution in [2.45, 2.75) is 19.8 Å². The number of phenolic OH excluding ortho intramolecular Hbond substituents is 1. The van der Waals surface area contributed by atoms with Gasteiger partial charge in [0.2, 0.25) is 5.91 Å². The number of benzene rings is 1. The number of fused-ring (bicyclic) bond motifs is 1. The number of nitrogens with zero attached hydrogens (tertiary/aromatic N) is 2. The van der Waals surface area contributed by atoms with E-state index in [1.807, 2.05) is 18.2 Å². The molecule has 0 atom stereocenters. The van der Waals surface area contributed by atoms with Crippen molar-refractivity contribution in [1.82, 2.24) is 9.88 Å². The molecule has 0 radical (unpaired) electrons. The molecule has 0 saturated heterocycles. The highest BCUT2D eigenvalue weighted by molar-refractivity contribution is 5.85. The van der Waals surface area contributed by atoms with Crippen molar-refractivity contribution in [3.63, 3.8) is 0 Å². The van der Waals surface area contributed by atoms with Crippen molar-refractivity contribution in [2.75, 3.05) is 13.6 Å². The lowest BCUT2D eigenvalue weighted by Gasteiger charge is -2.17. The van der Waals surface area contributed by atoms with Gasteiger partial charge in [-0.05, 0) is 36.8 Å². The highest BCUT2D eigenvalue weighted by Gasteiger charge is 2.17. The molecule has 0 fully saturated rings. The second kappa shape index (κ2) is 7.39. The van der Waals surface area contributed by atoms with Gasteiger partial charge in [-0.25, -0.2) is 4.79 Å². The Morgan fingerprint density at radius 1 is 1.27 bits per heavy atom. The highest BCUT2D eigenvalue weighted by Crippen LogP contribution is 2.23. The zero-order valence-electron chi connectivity index (χ0n) is 14.7. The largest absolute Gasteiger partial charge is 0.508 e. The summed E-state index contributed by atoms with van der Waals surface area (Å²) in [6, 6.07) is 10.3. The number of hydrogen-bond acceptors (Lipinski definition) is 5. The van der Waals surface area contributed by atoms with E-state index in [0.717, 1.165) is 5.69 Å². The van der Waals surface area contributed by atoms with Crippen molar-refractivity contribution >= 4 is 16.9 Å². The van der Waals surface area contributed by atoms with Crippen LogP contribution >= 0.6 is 0 Å². The summed E-state index contributed by atoms with van der Waals surface area (Å²) in [7, 11) is 1.71. The summed E-state index contributed by atoms with van der Waals surface area (Å²) in [5, 5.41) is 10.2. The Balaban J connectivity index is 1.76. The molecular formula is C20H20N2O4. The normalized spacial score (nSPS) is 10.8. The number of carbonyl (C=O) groups excluding carboxylic acids is 1. The average Bonchev–Trinajstić information content (AvgIpc) is 2.63. The minimum absolute atomic E-state index is 0.0241. The number of rotatable bonds is 5. The van der Waals surface area contributed by atoms with E-state index in [1.165, 1.54) is 12.1 Å². The zero-order chi connectivity index (χ0) is 18.7. The van der Waals surface area contributed by atoms with Crippen molar-refractivity contribution in [1.29, 1.82) is 0 Å². The van der Waals surface area contributed by atoms with Gasteiger partial charge in [0.1, 0.15) is 11.3 Å². The van der Waals surface area contributed by atoms with Crippen LogP contribution in [0, 0.1) is 6.92 Å². The molecule has 0 unspecified atom stereocenters. The first-order valence-electron chi connectivity index (χ1n) is 8.35. The van der Waals surface area contributed by atoms with Crippen LogP contribution in [0.4, 0.5) is 0 Å². The molecule has 1 aromatic carbocycles. The number of pyridine rings is 1. The van der Waals surface area contributed by atoms with E-state index in [4.69, 9.17) is 4.42 Å². The maximum Gasteiger partial charge on any atom is 0.340 e. The fraction of sp³-hybridized carbons (Fsp3) is 0.250. The van der Waals surface area contributed by atoms with Gasteiger partial charge in [-0.1, -0.05) is 6.07 Å². The Hall–Kier alpha value is -3.15. The van der Waals surface area contributed by atoms with Crippen LogP contribution in [0.15, 0.2) is 51.8 Å². The van der Waals surface area contributed by atoms with Gasteiger partial charge in [-0.2, -0.15) is 0 Å². The third-order valence-electron chi connectivity index (χ3n) is 4.45. The minimum atomic E-state index is -0.549. The van der Waals surface area contributed by atoms with Gasteiger partial charge in [0.15, 0.2) is 0 Å². The third kappa shape index (κ3) is 3.74. The van der Waals surface area contributed by atoms with Crippen LogP contribution in [-0.2, 0) is 17.6 Å². The van der Waals surface area contributed by atoms with E-state index in [0.29, 0.717) is 35.1 Å². The molecule has 1 N–H and O–H groups in total. The van der Waals surface area contributed by atoms with Gasteiger partial charge in [0.25, 0.3) is 0 Å². The van der Waals surface area contributed by atoms with Crippen molar-refractivity contribution in [2.24, 2.45) is 0 Å². The van der Waals surface area contributed by atoms with E-state index in [-0.39, 0.29) is 18.1 Å². The summed E-state index contributed by atoms with van der Waals surface area (Å²) < 4.78 is 5.27. The lowest BCUT2D eigenvalue weighted by Crippen LogP contribution is -2.32. The number of aromatic nitrogens is 1. The number of likely N-dealkylation sites (N-methyl/N-ethyl adjacent to an activating group) is 1. The molecule has 26 heavy (non-hydrogen) atoms. The fourth-order valence-corrected chi connectivity index (χ4v) is 2.83. The van der Waals surface area contributed by atoms with E-state index in [9.17, 15) is 14.7 Å². The molecule has 3 aromatic rings. The van der Waals surface area contributed by atoms with Crippen LogP contribution in [-0.4, -0.2) is 34.5 Å². The summed E-state index contributed by atoms with van der Waals surface area (Å²) in [5.74, 6) is -0.132. The van der Waals surface area contributed by atoms with Gasteiger partial charge in [-0.15, -0.1) is 0 Å². The summed E-state index contributed by atoms with van der Waals surface area (Å²) in [4.78, 5) is 30.6. The molecule has 2 heterocycles. The molecule has 0 bridgehead atoms. The van der Waals surface area contributed by atoms with Gasteiger partial charge in [-0.3, -0.25) is 9.78 Å². The maximum atomic E-state index is 12.5. The molecule has 0 spiro atoms. The van der Waals surface area contributed by atoms with Crippen molar-refractivity contribution in [3.05, 3.63) is 69.8 Å². The Kier molecular flexibility index (Phi) is 5.02. The number of amides is 1. The SMILES string of the molecule is Cc1c(CC(=O)N(C)CCc2ccccn2)c(=O)oc2cc(O)ccc12. The average molecular weight is 352 g/mol. The Bertz CT molecular complexity index is 996. The smallest absolute Gasteiger partial charge is 0.340 e. The highest BCUT2D eigenvalue weighted by atomic mass is 16.4. The molecule has 3 rings (SSSR count). The second-order valence-electron chi connectivity index (χ2n) is 6.24. The van der Waals surface area contributed by atoms with Crippen LogP contribution in [0.5, 0.6) is 5.75 Å². The van der Waals surface area contributed by atoms with Crippen LogP contribution in [0.25, 0.3) is 11.0 Å². The number of hydrogen-bond donors (Lipinski definition) is 1. The Morgan fingerprint density at radius 2 is 2.08 bits per heavy atom. The Morgan fingerprint density at radius 3 is 2.81 bits per heavy atom. The molecule has 6 heteroatoms. The fourth-order valence-electron chi connectivity index (χ4n) is 2.83. The predicted octanol–water partition coefficient (Wildman–Crippen LogP) is 2.45. The van der Waals surface area contributed by atoms with Gasteiger partial charge < -0.3 is 14.4 Å². The van der Waals surface area contributed by atoms with E-state index in [2.05, 4.69) is 4.98 Å². The summed E-state index contributed by atoms with van der Waals surface area (Å²) in [5.41, 5.74) is 1.72. The summed E-state index contributed by atoms with van der Waals surface area (Å²) >= 11 is 0. The van der Waals surface area contributed by atoms with Crippen LogP contribution in [0.2, 0.25) is 0 Å². The lowest BCUT2D eigenvalue weighted by molar-refractivity contribution is -0.129. The van der Waals surface area contributed by atoms with E-state index < -0.39 is 5.63 Å². The molecule has 6 nitrogen and oxygen atoms in total.